The van der Waals surface area contributed by atoms with E-state index in [-0.39, 0.29) is 6.04 Å². The molecule has 2 aromatic rings. The number of aryl methyl sites for hydroxylation is 2. The van der Waals surface area contributed by atoms with Crippen LogP contribution in [0.15, 0.2) is 48.5 Å². The van der Waals surface area contributed by atoms with Gasteiger partial charge in [0.1, 0.15) is 5.75 Å². The van der Waals surface area contributed by atoms with Crippen LogP contribution < -0.4 is 10.5 Å². The molecule has 2 N–H and O–H groups in total. The van der Waals surface area contributed by atoms with Gasteiger partial charge in [-0.3, -0.25) is 0 Å². The van der Waals surface area contributed by atoms with Gasteiger partial charge in [-0.2, -0.15) is 0 Å². The van der Waals surface area contributed by atoms with Crippen LogP contribution in [0.5, 0.6) is 5.75 Å². The van der Waals surface area contributed by atoms with E-state index in [1.807, 2.05) is 6.07 Å². The van der Waals surface area contributed by atoms with Crippen LogP contribution in [0.2, 0.25) is 0 Å². The van der Waals surface area contributed by atoms with E-state index >= 15 is 0 Å². The number of benzene rings is 2. The van der Waals surface area contributed by atoms with Crippen LogP contribution in [0.25, 0.3) is 0 Å². The van der Waals surface area contributed by atoms with Crippen molar-refractivity contribution in [3.63, 3.8) is 0 Å². The summed E-state index contributed by atoms with van der Waals surface area (Å²) in [6.07, 6.45) is 3.20. The Morgan fingerprint density at radius 1 is 1.10 bits per heavy atom. The Bertz CT molecular complexity index is 536. The fourth-order valence-corrected chi connectivity index (χ4v) is 2.47. The van der Waals surface area contributed by atoms with Gasteiger partial charge < -0.3 is 10.5 Å². The summed E-state index contributed by atoms with van der Waals surface area (Å²) in [5.74, 6) is 0.922. The van der Waals surface area contributed by atoms with Gasteiger partial charge in [0, 0.05) is 6.04 Å². The molecule has 0 radical (unpaired) electrons. The summed E-state index contributed by atoms with van der Waals surface area (Å²) < 4.78 is 5.28. The minimum atomic E-state index is 0.100. The predicted octanol–water partition coefficient (Wildman–Crippen LogP) is 4.03. The summed E-state index contributed by atoms with van der Waals surface area (Å²) in [4.78, 5) is 0. The van der Waals surface area contributed by atoms with Crippen molar-refractivity contribution >= 4 is 0 Å². The molecular formula is C18H23NO. The van der Waals surface area contributed by atoms with Crippen molar-refractivity contribution < 1.29 is 4.74 Å². The molecule has 2 rings (SSSR count). The summed E-state index contributed by atoms with van der Waals surface area (Å²) in [6.45, 7) is 2.05. The lowest BCUT2D eigenvalue weighted by Crippen LogP contribution is -2.10. The van der Waals surface area contributed by atoms with E-state index in [9.17, 15) is 0 Å². The fourth-order valence-electron chi connectivity index (χ4n) is 2.47. The van der Waals surface area contributed by atoms with Crippen molar-refractivity contribution in [2.45, 2.75) is 32.2 Å². The third-order valence-corrected chi connectivity index (χ3v) is 3.67. The highest BCUT2D eigenvalue weighted by atomic mass is 16.5. The Labute approximate surface area is 121 Å². The first-order chi connectivity index (χ1) is 9.70. The Morgan fingerprint density at radius 3 is 2.50 bits per heavy atom. The molecule has 1 unspecified atom stereocenters. The molecule has 0 aromatic heterocycles. The second kappa shape index (κ2) is 7.11. The summed E-state index contributed by atoms with van der Waals surface area (Å²) in [5.41, 5.74) is 9.99. The van der Waals surface area contributed by atoms with Crippen LogP contribution in [0, 0.1) is 6.92 Å². The molecule has 1 atom stereocenters. The molecule has 0 heterocycles. The second-order valence-corrected chi connectivity index (χ2v) is 5.21. The standard InChI is InChI=1S/C18H23NO/c1-14-13-16(11-12-18(14)20-2)17(19)10-6-9-15-7-4-3-5-8-15/h3-5,7-8,11-13,17H,6,9-10,19H2,1-2H3. The third kappa shape index (κ3) is 3.84. The van der Waals surface area contributed by atoms with Crippen LogP contribution in [0.4, 0.5) is 0 Å². The van der Waals surface area contributed by atoms with Gasteiger partial charge in [0.2, 0.25) is 0 Å². The average Bonchev–Trinajstić information content (AvgIpc) is 2.48. The summed E-state index contributed by atoms with van der Waals surface area (Å²) in [7, 11) is 1.70. The van der Waals surface area contributed by atoms with Crippen molar-refractivity contribution in [1.29, 1.82) is 0 Å². The molecule has 0 spiro atoms. The van der Waals surface area contributed by atoms with E-state index in [1.165, 1.54) is 11.1 Å². The lowest BCUT2D eigenvalue weighted by molar-refractivity contribution is 0.411. The Hall–Kier alpha value is -1.80. The maximum Gasteiger partial charge on any atom is 0.121 e. The predicted molar refractivity (Wildman–Crippen MR) is 84.0 cm³/mol. The molecule has 0 amide bonds. The van der Waals surface area contributed by atoms with Crippen LogP contribution >= 0.6 is 0 Å². The zero-order valence-corrected chi connectivity index (χ0v) is 12.3. The van der Waals surface area contributed by atoms with Crippen molar-refractivity contribution in [2.75, 3.05) is 7.11 Å². The van der Waals surface area contributed by atoms with Crippen LogP contribution in [0.1, 0.15) is 35.6 Å². The number of nitrogens with two attached hydrogens (primary N) is 1. The molecule has 0 aliphatic rings. The normalized spacial score (nSPS) is 12.2. The molecule has 0 saturated heterocycles. The first-order valence-corrected chi connectivity index (χ1v) is 7.14. The largest absolute Gasteiger partial charge is 0.496 e. The number of methoxy groups -OCH3 is 1. The molecule has 106 valence electrons. The molecule has 0 aliphatic heterocycles. The smallest absolute Gasteiger partial charge is 0.121 e. The van der Waals surface area contributed by atoms with Crippen molar-refractivity contribution in [3.05, 3.63) is 65.2 Å². The van der Waals surface area contributed by atoms with Crippen LogP contribution in [-0.2, 0) is 6.42 Å². The van der Waals surface area contributed by atoms with Crippen molar-refractivity contribution in [2.24, 2.45) is 5.73 Å². The molecule has 2 aromatic carbocycles. The second-order valence-electron chi connectivity index (χ2n) is 5.21. The zero-order chi connectivity index (χ0) is 14.4. The molecule has 0 saturated carbocycles. The Morgan fingerprint density at radius 2 is 1.85 bits per heavy atom. The van der Waals surface area contributed by atoms with Crippen LogP contribution in [-0.4, -0.2) is 7.11 Å². The summed E-state index contributed by atoms with van der Waals surface area (Å²) >= 11 is 0. The topological polar surface area (TPSA) is 35.2 Å². The van der Waals surface area contributed by atoms with Gasteiger partial charge in [-0.05, 0) is 48.9 Å². The van der Waals surface area contributed by atoms with E-state index in [2.05, 4.69) is 49.4 Å². The maximum absolute atomic E-state index is 6.28. The van der Waals surface area contributed by atoms with Crippen molar-refractivity contribution in [1.82, 2.24) is 0 Å². The highest BCUT2D eigenvalue weighted by molar-refractivity contribution is 5.37. The van der Waals surface area contributed by atoms with Gasteiger partial charge in [-0.15, -0.1) is 0 Å². The highest BCUT2D eigenvalue weighted by Crippen LogP contribution is 2.24. The Balaban J connectivity index is 1.88. The monoisotopic (exact) mass is 269 g/mol. The third-order valence-electron chi connectivity index (χ3n) is 3.67. The average molecular weight is 269 g/mol. The molecule has 0 aliphatic carbocycles. The van der Waals surface area contributed by atoms with Crippen LogP contribution in [0.3, 0.4) is 0 Å². The molecule has 0 fully saturated rings. The number of hydrogen-bond donors (Lipinski definition) is 1. The number of ether oxygens (including phenoxy) is 1. The number of rotatable bonds is 6. The minimum absolute atomic E-state index is 0.100. The van der Waals surface area contributed by atoms with Gasteiger partial charge >= 0.3 is 0 Å². The highest BCUT2D eigenvalue weighted by Gasteiger charge is 2.08. The first kappa shape index (κ1) is 14.6. The SMILES string of the molecule is COc1ccc(C(N)CCCc2ccccc2)cc1C. The van der Waals surface area contributed by atoms with Gasteiger partial charge in [-0.25, -0.2) is 0 Å². The summed E-state index contributed by atoms with van der Waals surface area (Å²) in [6, 6.07) is 16.9. The maximum atomic E-state index is 6.28. The van der Waals surface area contributed by atoms with E-state index in [4.69, 9.17) is 10.5 Å². The molecular weight excluding hydrogens is 246 g/mol. The van der Waals surface area contributed by atoms with Gasteiger partial charge in [0.25, 0.3) is 0 Å². The van der Waals surface area contributed by atoms with E-state index in [0.29, 0.717) is 0 Å². The van der Waals surface area contributed by atoms with E-state index in [1.54, 1.807) is 7.11 Å². The molecule has 20 heavy (non-hydrogen) atoms. The van der Waals surface area contributed by atoms with Gasteiger partial charge in [0.15, 0.2) is 0 Å². The van der Waals surface area contributed by atoms with E-state index < -0.39 is 0 Å². The molecule has 2 nitrogen and oxygen atoms in total. The van der Waals surface area contributed by atoms with Gasteiger partial charge in [-0.1, -0.05) is 42.5 Å². The van der Waals surface area contributed by atoms with E-state index in [0.717, 1.165) is 30.6 Å². The Kier molecular flexibility index (Phi) is 5.19. The van der Waals surface area contributed by atoms with Gasteiger partial charge in [0.05, 0.1) is 7.11 Å². The lowest BCUT2D eigenvalue weighted by atomic mass is 9.98. The fraction of sp³-hybridized carbons (Fsp3) is 0.333. The molecule has 2 heteroatoms. The zero-order valence-electron chi connectivity index (χ0n) is 12.3. The minimum Gasteiger partial charge on any atom is -0.496 e. The quantitative estimate of drug-likeness (QED) is 0.859. The number of hydrogen-bond acceptors (Lipinski definition) is 2. The molecule has 0 bridgehead atoms. The van der Waals surface area contributed by atoms with Crippen molar-refractivity contribution in [3.8, 4) is 5.75 Å². The first-order valence-electron chi connectivity index (χ1n) is 7.14. The lowest BCUT2D eigenvalue weighted by Gasteiger charge is -2.14. The summed E-state index contributed by atoms with van der Waals surface area (Å²) in [5, 5.41) is 0.